The lowest BCUT2D eigenvalue weighted by Crippen LogP contribution is -2.17. The van der Waals surface area contributed by atoms with E-state index in [1.54, 1.807) is 0 Å². The van der Waals surface area contributed by atoms with E-state index in [0.717, 1.165) is 19.3 Å². The molecule has 0 heterocycles. The lowest BCUT2D eigenvalue weighted by atomic mass is 10.1. The summed E-state index contributed by atoms with van der Waals surface area (Å²) in [5.74, 6) is 0. The van der Waals surface area contributed by atoms with Crippen LogP contribution in [0.2, 0.25) is 0 Å². The molecular weight excluding hydrogens is 134 g/mol. The van der Waals surface area contributed by atoms with Crippen molar-refractivity contribution in [3.05, 3.63) is 37.5 Å². The van der Waals surface area contributed by atoms with E-state index < -0.39 is 0 Å². The summed E-state index contributed by atoms with van der Waals surface area (Å²) < 4.78 is 0. The molecule has 0 spiro atoms. The van der Waals surface area contributed by atoms with Crippen molar-refractivity contribution in [2.24, 2.45) is 5.73 Å². The number of hydrogen-bond donors (Lipinski definition) is 1. The van der Waals surface area contributed by atoms with E-state index in [2.05, 4.69) is 25.3 Å². The molecule has 0 rings (SSSR count). The molecule has 11 heavy (non-hydrogen) atoms. The van der Waals surface area contributed by atoms with Crippen molar-refractivity contribution < 1.29 is 0 Å². The average molecular weight is 151 g/mol. The van der Waals surface area contributed by atoms with Gasteiger partial charge in [-0.3, -0.25) is 0 Å². The molecule has 0 radical (unpaired) electrons. The quantitative estimate of drug-likeness (QED) is 0.580. The molecule has 0 aliphatic heterocycles. The molecule has 0 aromatic carbocycles. The first-order valence-electron chi connectivity index (χ1n) is 3.93. The van der Waals surface area contributed by atoms with Crippen LogP contribution < -0.4 is 5.73 Å². The van der Waals surface area contributed by atoms with E-state index in [0.29, 0.717) is 0 Å². The summed E-state index contributed by atoms with van der Waals surface area (Å²) in [6.07, 6.45) is 10.6. The first-order valence-corrected chi connectivity index (χ1v) is 3.93. The normalized spacial score (nSPS) is 13.2. The van der Waals surface area contributed by atoms with E-state index >= 15 is 0 Å². The largest absolute Gasteiger partial charge is 0.327 e. The van der Waals surface area contributed by atoms with Crippen LogP contribution in [0.4, 0.5) is 0 Å². The molecule has 0 saturated carbocycles. The highest BCUT2D eigenvalue weighted by Gasteiger charge is 1.93. The van der Waals surface area contributed by atoms with Crippen LogP contribution in [0.5, 0.6) is 0 Å². The summed E-state index contributed by atoms with van der Waals surface area (Å²) in [5, 5.41) is 0. The Morgan fingerprint density at radius 3 is 2.36 bits per heavy atom. The Bertz CT molecular complexity index is 136. The van der Waals surface area contributed by atoms with Gasteiger partial charge >= 0.3 is 0 Å². The van der Waals surface area contributed by atoms with Crippen LogP contribution >= 0.6 is 0 Å². The van der Waals surface area contributed by atoms with Crippen LogP contribution in [-0.2, 0) is 0 Å². The van der Waals surface area contributed by atoms with E-state index in [9.17, 15) is 0 Å². The molecule has 1 nitrogen and oxygen atoms in total. The van der Waals surface area contributed by atoms with Gasteiger partial charge in [-0.15, -0.1) is 13.2 Å². The number of allylic oxidation sites excluding steroid dienone is 2. The molecule has 0 aromatic rings. The van der Waals surface area contributed by atoms with Crippen molar-refractivity contribution in [3.63, 3.8) is 0 Å². The molecule has 1 atom stereocenters. The lowest BCUT2D eigenvalue weighted by Gasteiger charge is -2.02. The summed E-state index contributed by atoms with van der Waals surface area (Å²) >= 11 is 0. The second kappa shape index (κ2) is 7.29. The van der Waals surface area contributed by atoms with Gasteiger partial charge in [-0.2, -0.15) is 0 Å². The van der Waals surface area contributed by atoms with Crippen LogP contribution in [0.1, 0.15) is 19.3 Å². The minimum atomic E-state index is 0.230. The highest BCUT2D eigenvalue weighted by molar-refractivity contribution is 4.91. The summed E-state index contributed by atoms with van der Waals surface area (Å²) in [5.41, 5.74) is 5.72. The zero-order valence-electron chi connectivity index (χ0n) is 7.00. The molecule has 2 N–H and O–H groups in total. The fraction of sp³-hybridized carbons (Fsp3) is 0.400. The fourth-order valence-corrected chi connectivity index (χ4v) is 0.774. The van der Waals surface area contributed by atoms with Gasteiger partial charge in [0.15, 0.2) is 0 Å². The smallest absolute Gasteiger partial charge is 0.0108 e. The molecule has 0 aliphatic carbocycles. The summed E-state index contributed by atoms with van der Waals surface area (Å²) in [4.78, 5) is 0. The molecular formula is C10H17N. The van der Waals surface area contributed by atoms with Gasteiger partial charge in [0.25, 0.3) is 0 Å². The Kier molecular flexibility index (Phi) is 6.75. The van der Waals surface area contributed by atoms with Crippen LogP contribution in [-0.4, -0.2) is 6.04 Å². The number of hydrogen-bond acceptors (Lipinski definition) is 1. The minimum Gasteiger partial charge on any atom is -0.327 e. The van der Waals surface area contributed by atoms with Gasteiger partial charge in [-0.25, -0.2) is 0 Å². The highest BCUT2D eigenvalue weighted by Crippen LogP contribution is 1.97. The summed E-state index contributed by atoms with van der Waals surface area (Å²) in [6.45, 7) is 7.24. The molecule has 1 heteroatoms. The zero-order chi connectivity index (χ0) is 8.53. The van der Waals surface area contributed by atoms with Gasteiger partial charge in [0.1, 0.15) is 0 Å². The van der Waals surface area contributed by atoms with E-state index in [1.165, 1.54) is 0 Å². The third-order valence-electron chi connectivity index (χ3n) is 1.38. The predicted molar refractivity (Wildman–Crippen MR) is 51.4 cm³/mol. The molecule has 0 aliphatic rings. The number of nitrogens with two attached hydrogens (primary N) is 1. The highest BCUT2D eigenvalue weighted by atomic mass is 14.6. The van der Waals surface area contributed by atoms with Crippen LogP contribution in [0.15, 0.2) is 37.5 Å². The maximum Gasteiger partial charge on any atom is 0.0108 e. The maximum atomic E-state index is 5.72. The molecule has 0 aromatic heterocycles. The van der Waals surface area contributed by atoms with Crippen LogP contribution in [0.3, 0.4) is 0 Å². The lowest BCUT2D eigenvalue weighted by molar-refractivity contribution is 0.694. The molecule has 62 valence electrons. The Labute approximate surface area is 69.3 Å². The van der Waals surface area contributed by atoms with Crippen molar-refractivity contribution in [1.29, 1.82) is 0 Å². The summed E-state index contributed by atoms with van der Waals surface area (Å²) in [6, 6.07) is 0.230. The van der Waals surface area contributed by atoms with Gasteiger partial charge in [0.05, 0.1) is 0 Å². The Morgan fingerprint density at radius 2 is 1.82 bits per heavy atom. The standard InChI is InChI=1S/C10H17N/c1-3-5-6-7-9-10(11)8-4-2/h3-4,6-7,10H,1-2,5,8-9,11H2. The molecule has 0 saturated heterocycles. The van der Waals surface area contributed by atoms with Gasteiger partial charge in [-0.05, 0) is 19.3 Å². The second-order valence-corrected chi connectivity index (χ2v) is 2.52. The SMILES string of the molecule is C=CCC=CCC(N)CC=C. The van der Waals surface area contributed by atoms with E-state index in [1.807, 2.05) is 12.2 Å². The van der Waals surface area contributed by atoms with Crippen molar-refractivity contribution in [2.45, 2.75) is 25.3 Å². The van der Waals surface area contributed by atoms with Gasteiger partial charge in [0.2, 0.25) is 0 Å². The molecule has 0 amide bonds. The van der Waals surface area contributed by atoms with Crippen molar-refractivity contribution >= 4 is 0 Å². The molecule has 1 unspecified atom stereocenters. The topological polar surface area (TPSA) is 26.0 Å². The first kappa shape index (κ1) is 10.2. The third-order valence-corrected chi connectivity index (χ3v) is 1.38. The zero-order valence-corrected chi connectivity index (χ0v) is 7.00. The maximum absolute atomic E-state index is 5.72. The second-order valence-electron chi connectivity index (χ2n) is 2.52. The van der Waals surface area contributed by atoms with Gasteiger partial charge in [-0.1, -0.05) is 24.3 Å². The molecule has 0 fully saturated rings. The Balaban J connectivity index is 3.35. The predicted octanol–water partition coefficient (Wildman–Crippen LogP) is 2.41. The van der Waals surface area contributed by atoms with Gasteiger partial charge in [0, 0.05) is 6.04 Å². The van der Waals surface area contributed by atoms with E-state index in [-0.39, 0.29) is 6.04 Å². The van der Waals surface area contributed by atoms with Crippen molar-refractivity contribution in [1.82, 2.24) is 0 Å². The fourth-order valence-electron chi connectivity index (χ4n) is 0.774. The van der Waals surface area contributed by atoms with Gasteiger partial charge < -0.3 is 5.73 Å². The summed E-state index contributed by atoms with van der Waals surface area (Å²) in [7, 11) is 0. The average Bonchev–Trinajstić information content (AvgIpc) is 1.99. The van der Waals surface area contributed by atoms with Crippen LogP contribution in [0, 0.1) is 0 Å². The molecule has 0 bridgehead atoms. The van der Waals surface area contributed by atoms with Crippen molar-refractivity contribution in [3.8, 4) is 0 Å². The monoisotopic (exact) mass is 151 g/mol. The van der Waals surface area contributed by atoms with E-state index in [4.69, 9.17) is 5.73 Å². The van der Waals surface area contributed by atoms with Crippen LogP contribution in [0.25, 0.3) is 0 Å². The Morgan fingerprint density at radius 1 is 1.09 bits per heavy atom. The number of rotatable bonds is 6. The Hall–Kier alpha value is -0.820. The minimum absolute atomic E-state index is 0.230. The first-order chi connectivity index (χ1) is 5.31. The third kappa shape index (κ3) is 7.07. The van der Waals surface area contributed by atoms with Crippen molar-refractivity contribution in [2.75, 3.05) is 0 Å².